The summed E-state index contributed by atoms with van der Waals surface area (Å²) in [6.45, 7) is 1.46. The fraction of sp³-hybridized carbons (Fsp3) is 0.360. The van der Waals surface area contributed by atoms with E-state index in [2.05, 4.69) is 5.32 Å². The zero-order valence-corrected chi connectivity index (χ0v) is 19.8. The molecule has 2 aromatic rings. The van der Waals surface area contributed by atoms with Gasteiger partial charge in [0.25, 0.3) is 5.91 Å². The minimum Gasteiger partial charge on any atom is -0.452 e. The Bertz CT molecular complexity index is 1150. The number of nitrogens with zero attached hydrogens (tertiary/aromatic N) is 1. The van der Waals surface area contributed by atoms with E-state index in [1.54, 1.807) is 24.3 Å². The minimum absolute atomic E-state index is 0.124. The number of fused-ring (bicyclic) bond motifs is 5. The van der Waals surface area contributed by atoms with Gasteiger partial charge in [0, 0.05) is 5.69 Å². The van der Waals surface area contributed by atoms with Crippen LogP contribution in [0.2, 0.25) is 0 Å². The Hall–Kier alpha value is -2.90. The molecule has 1 aliphatic heterocycles. The molecule has 0 unspecified atom stereocenters. The Labute approximate surface area is 206 Å². The van der Waals surface area contributed by atoms with Gasteiger partial charge in [0.2, 0.25) is 11.8 Å². The average molecular weight is 501 g/mol. The van der Waals surface area contributed by atoms with Crippen molar-refractivity contribution < 1.29 is 23.9 Å². The number of aryl methyl sites for hydroxylation is 1. The van der Waals surface area contributed by atoms with E-state index in [4.69, 9.17) is 27.9 Å². The van der Waals surface area contributed by atoms with Gasteiger partial charge >= 0.3 is 5.97 Å². The van der Waals surface area contributed by atoms with Crippen molar-refractivity contribution in [1.82, 2.24) is 0 Å². The molecule has 2 aliphatic carbocycles. The molecule has 3 fully saturated rings. The largest absolute Gasteiger partial charge is 0.452 e. The zero-order valence-electron chi connectivity index (χ0n) is 18.2. The Balaban J connectivity index is 1.26. The monoisotopic (exact) mass is 500 g/mol. The van der Waals surface area contributed by atoms with Gasteiger partial charge in [0.05, 0.1) is 33.8 Å². The summed E-state index contributed by atoms with van der Waals surface area (Å²) in [4.78, 5) is 52.1. The van der Waals surface area contributed by atoms with Crippen LogP contribution < -0.4 is 10.2 Å². The highest BCUT2D eigenvalue weighted by molar-refractivity contribution is 6.32. The van der Waals surface area contributed by atoms with Crippen LogP contribution in [0.15, 0.2) is 48.5 Å². The SMILES string of the molecule is Cc1ccc(NC(=O)COC(=O)c2cccc(N3C(=O)[C@@H]4[C@H]5C[C@@H]([C@H](Cl)[C@@H]5Cl)[C@@H]4C3=O)c2)cc1. The first-order valence-electron chi connectivity index (χ1n) is 11.1. The summed E-state index contributed by atoms with van der Waals surface area (Å²) >= 11 is 12.8. The zero-order chi connectivity index (χ0) is 24.1. The van der Waals surface area contributed by atoms with Crippen LogP contribution in [0.25, 0.3) is 0 Å². The number of hydrogen-bond donors (Lipinski definition) is 1. The number of alkyl halides is 2. The molecule has 2 aromatic carbocycles. The topological polar surface area (TPSA) is 92.8 Å². The number of ether oxygens (including phenoxy) is 1. The predicted octanol–water partition coefficient (Wildman–Crippen LogP) is 3.76. The van der Waals surface area contributed by atoms with Gasteiger partial charge in [-0.1, -0.05) is 23.8 Å². The van der Waals surface area contributed by atoms with E-state index in [-0.39, 0.29) is 40.0 Å². The lowest BCUT2D eigenvalue weighted by atomic mass is 9.80. The Kier molecular flexibility index (Phi) is 5.86. The number of halogens is 2. The normalized spacial score (nSPS) is 29.3. The standard InChI is InChI=1S/C25H22Cl2N2O5/c1-12-5-7-14(8-6-12)28-18(30)11-34-25(33)13-3-2-4-15(9-13)29-23(31)19-16-10-17(20(19)24(29)32)22(27)21(16)26/h2-9,16-17,19-22H,10-11H2,1H3,(H,28,30)/t16-,17-,19-,20+,21-,22+/m1/s1. The second-order valence-corrected chi connectivity index (χ2v) is 10.1. The van der Waals surface area contributed by atoms with Gasteiger partial charge in [-0.15, -0.1) is 23.2 Å². The summed E-state index contributed by atoms with van der Waals surface area (Å²) in [7, 11) is 0. The Morgan fingerprint density at radius 1 is 1.00 bits per heavy atom. The fourth-order valence-electron chi connectivity index (χ4n) is 5.42. The number of anilines is 2. The third-order valence-electron chi connectivity index (χ3n) is 7.00. The summed E-state index contributed by atoms with van der Waals surface area (Å²) < 4.78 is 5.13. The van der Waals surface area contributed by atoms with E-state index in [0.29, 0.717) is 17.8 Å². The molecule has 176 valence electrons. The molecule has 1 heterocycles. The van der Waals surface area contributed by atoms with Crippen LogP contribution in [0, 0.1) is 30.6 Å². The van der Waals surface area contributed by atoms with Gasteiger partial charge in [-0.3, -0.25) is 19.3 Å². The third kappa shape index (κ3) is 3.77. The molecule has 2 bridgehead atoms. The van der Waals surface area contributed by atoms with Crippen molar-refractivity contribution in [1.29, 1.82) is 0 Å². The number of hydrogen-bond acceptors (Lipinski definition) is 5. The lowest BCUT2D eigenvalue weighted by Gasteiger charge is -2.28. The van der Waals surface area contributed by atoms with Gasteiger partial charge in [-0.05, 0) is 55.5 Å². The highest BCUT2D eigenvalue weighted by atomic mass is 35.5. The number of benzene rings is 2. The lowest BCUT2D eigenvalue weighted by molar-refractivity contribution is -0.123. The number of carbonyl (C=O) groups is 4. The number of rotatable bonds is 5. The minimum atomic E-state index is -0.734. The van der Waals surface area contributed by atoms with Crippen LogP contribution in [0.1, 0.15) is 22.3 Å². The maximum atomic E-state index is 13.2. The molecule has 2 saturated carbocycles. The second kappa shape index (κ2) is 8.71. The lowest BCUT2D eigenvalue weighted by Crippen LogP contribution is -2.37. The van der Waals surface area contributed by atoms with Crippen molar-refractivity contribution >= 4 is 58.3 Å². The summed E-state index contributed by atoms with van der Waals surface area (Å²) in [5.74, 6) is -3.03. The molecule has 5 rings (SSSR count). The molecule has 0 radical (unpaired) electrons. The van der Waals surface area contributed by atoms with Crippen LogP contribution >= 0.6 is 23.2 Å². The first kappa shape index (κ1) is 22.9. The molecule has 3 aliphatic rings. The van der Waals surface area contributed by atoms with Crippen molar-refractivity contribution in [2.24, 2.45) is 23.7 Å². The van der Waals surface area contributed by atoms with Crippen LogP contribution in [-0.2, 0) is 19.1 Å². The number of imide groups is 1. The third-order valence-corrected chi connectivity index (χ3v) is 8.32. The van der Waals surface area contributed by atoms with Gasteiger partial charge in [0.15, 0.2) is 6.61 Å². The molecule has 7 nitrogen and oxygen atoms in total. The molecule has 1 N–H and O–H groups in total. The number of nitrogens with one attached hydrogen (secondary N) is 1. The van der Waals surface area contributed by atoms with E-state index in [1.807, 2.05) is 19.1 Å². The van der Waals surface area contributed by atoms with E-state index >= 15 is 0 Å². The molecular weight excluding hydrogens is 479 g/mol. The van der Waals surface area contributed by atoms with E-state index in [9.17, 15) is 19.2 Å². The summed E-state index contributed by atoms with van der Waals surface area (Å²) in [6, 6.07) is 13.3. The summed E-state index contributed by atoms with van der Waals surface area (Å²) in [5.41, 5.74) is 2.07. The maximum absolute atomic E-state index is 13.2. The van der Waals surface area contributed by atoms with Crippen molar-refractivity contribution in [2.75, 3.05) is 16.8 Å². The summed E-state index contributed by atoms with van der Waals surface area (Å²) in [5, 5.41) is 1.98. The van der Waals surface area contributed by atoms with E-state index in [0.717, 1.165) is 10.5 Å². The molecule has 0 spiro atoms. The van der Waals surface area contributed by atoms with E-state index < -0.39 is 30.3 Å². The molecule has 6 atom stereocenters. The Morgan fingerprint density at radius 2 is 1.62 bits per heavy atom. The second-order valence-electron chi connectivity index (χ2n) is 9.06. The molecular formula is C25H22Cl2N2O5. The van der Waals surface area contributed by atoms with Gasteiger partial charge < -0.3 is 10.1 Å². The van der Waals surface area contributed by atoms with Crippen molar-refractivity contribution in [3.63, 3.8) is 0 Å². The number of amides is 3. The highest BCUT2D eigenvalue weighted by Gasteiger charge is 2.66. The molecule has 1 saturated heterocycles. The highest BCUT2D eigenvalue weighted by Crippen LogP contribution is 2.59. The van der Waals surface area contributed by atoms with Crippen molar-refractivity contribution in [3.8, 4) is 0 Å². The smallest absolute Gasteiger partial charge is 0.338 e. The van der Waals surface area contributed by atoms with Crippen LogP contribution in [0.3, 0.4) is 0 Å². The van der Waals surface area contributed by atoms with Gasteiger partial charge in [0.1, 0.15) is 0 Å². The molecule has 3 amide bonds. The van der Waals surface area contributed by atoms with Gasteiger partial charge in [-0.2, -0.15) is 0 Å². The maximum Gasteiger partial charge on any atom is 0.338 e. The Morgan fingerprint density at radius 3 is 2.24 bits per heavy atom. The van der Waals surface area contributed by atoms with Gasteiger partial charge in [-0.25, -0.2) is 4.79 Å². The van der Waals surface area contributed by atoms with E-state index in [1.165, 1.54) is 12.1 Å². The fourth-order valence-corrected chi connectivity index (χ4v) is 6.32. The number of esters is 1. The molecule has 0 aromatic heterocycles. The quantitative estimate of drug-likeness (QED) is 0.383. The first-order valence-corrected chi connectivity index (χ1v) is 11.9. The first-order chi connectivity index (χ1) is 16.3. The van der Waals surface area contributed by atoms with Crippen molar-refractivity contribution in [2.45, 2.75) is 24.1 Å². The van der Waals surface area contributed by atoms with Crippen LogP contribution in [0.4, 0.5) is 11.4 Å². The summed E-state index contributed by atoms with van der Waals surface area (Å²) in [6.07, 6.45) is 0.681. The average Bonchev–Trinajstić information content (AvgIpc) is 3.44. The predicted molar refractivity (Wildman–Crippen MR) is 127 cm³/mol. The van der Waals surface area contributed by atoms with Crippen LogP contribution in [0.5, 0.6) is 0 Å². The molecule has 34 heavy (non-hydrogen) atoms. The van der Waals surface area contributed by atoms with Crippen molar-refractivity contribution in [3.05, 3.63) is 59.7 Å². The number of carbonyl (C=O) groups excluding carboxylic acids is 4. The molecule has 9 heteroatoms. The van der Waals surface area contributed by atoms with Crippen LogP contribution in [-0.4, -0.2) is 41.1 Å².